The van der Waals surface area contributed by atoms with Crippen LogP contribution in [0, 0.1) is 0 Å². The smallest absolute Gasteiger partial charge is 0.0842 e. The van der Waals surface area contributed by atoms with Gasteiger partial charge in [0.2, 0.25) is 0 Å². The molecule has 0 bridgehead atoms. The van der Waals surface area contributed by atoms with E-state index < -0.39 is 0 Å². The van der Waals surface area contributed by atoms with Gasteiger partial charge in [-0.2, -0.15) is 0 Å². The summed E-state index contributed by atoms with van der Waals surface area (Å²) in [7, 11) is 0. The molecule has 1 aliphatic carbocycles. The van der Waals surface area contributed by atoms with Crippen LogP contribution in [0.1, 0.15) is 12.8 Å². The van der Waals surface area contributed by atoms with Gasteiger partial charge in [0.1, 0.15) is 0 Å². The van der Waals surface area contributed by atoms with Crippen LogP contribution in [0.4, 0.5) is 0 Å². The van der Waals surface area contributed by atoms with Crippen molar-refractivity contribution in [1.82, 2.24) is 0 Å². The Morgan fingerprint density at radius 2 is 1.29 bits per heavy atom. The summed E-state index contributed by atoms with van der Waals surface area (Å²) >= 11 is 0. The van der Waals surface area contributed by atoms with E-state index in [2.05, 4.69) is 24.3 Å². The summed E-state index contributed by atoms with van der Waals surface area (Å²) in [5.74, 6) is 0. The first-order valence-corrected chi connectivity index (χ1v) is 2.32. The summed E-state index contributed by atoms with van der Waals surface area (Å²) in [6.07, 6.45) is 11.0. The average molecular weight is 136 g/mol. The molecule has 0 atom stereocenters. The van der Waals surface area contributed by atoms with E-state index >= 15 is 0 Å². The van der Waals surface area contributed by atoms with E-state index in [4.69, 9.17) is 0 Å². The topological polar surface area (TPSA) is 0 Å². The molecule has 0 aliphatic heterocycles. The van der Waals surface area contributed by atoms with Crippen LogP contribution in [-0.2, 0) is 17.1 Å². The van der Waals surface area contributed by atoms with Crippen molar-refractivity contribution in [2.45, 2.75) is 12.8 Å². The molecule has 0 nitrogen and oxygen atoms in total. The van der Waals surface area contributed by atoms with Crippen LogP contribution in [0.5, 0.6) is 0 Å². The minimum atomic E-state index is 0. The molecule has 0 fully saturated rings. The van der Waals surface area contributed by atoms with Crippen LogP contribution in [-0.4, -0.2) is 0 Å². The Balaban J connectivity index is 0.000000360. The van der Waals surface area contributed by atoms with Crippen molar-refractivity contribution in [1.29, 1.82) is 0 Å². The molecule has 0 N–H and O–H groups in total. The van der Waals surface area contributed by atoms with Crippen molar-refractivity contribution >= 4 is 0 Å². The van der Waals surface area contributed by atoms with Crippen molar-refractivity contribution in [2.24, 2.45) is 0 Å². The van der Waals surface area contributed by atoms with Gasteiger partial charge in [-0.1, -0.05) is 24.3 Å². The molecule has 0 amide bonds. The monoisotopic (exact) mass is 136 g/mol. The second kappa shape index (κ2) is 4.17. The van der Waals surface area contributed by atoms with E-state index in [1.165, 1.54) is 12.8 Å². The predicted octanol–water partition coefficient (Wildman–Crippen LogP) is 1.89. The van der Waals surface area contributed by atoms with E-state index in [0.29, 0.717) is 0 Å². The second-order valence-corrected chi connectivity index (χ2v) is 1.43. The zero-order valence-corrected chi connectivity index (χ0v) is 5.18. The molecule has 0 saturated heterocycles. The molecular weight excluding hydrogens is 128 g/mol. The third-order valence-corrected chi connectivity index (χ3v) is 0.883. The van der Waals surface area contributed by atoms with Crippen molar-refractivity contribution in [3.8, 4) is 0 Å². The van der Waals surface area contributed by atoms with Gasteiger partial charge in [-0.05, 0) is 12.8 Å². The van der Waals surface area contributed by atoms with Crippen LogP contribution < -0.4 is 0 Å². The standard InChI is InChI=1S/C6H8.Fe/c1-2-4-6-5-3-1;/h1-4H,5-6H2;/q;+2. The van der Waals surface area contributed by atoms with Gasteiger partial charge in [0.15, 0.2) is 0 Å². The van der Waals surface area contributed by atoms with Crippen LogP contribution >= 0.6 is 0 Å². The minimum Gasteiger partial charge on any atom is -0.0842 e. The molecule has 7 heavy (non-hydrogen) atoms. The largest absolute Gasteiger partial charge is 2.00 e. The molecule has 1 rings (SSSR count). The molecule has 0 aromatic carbocycles. The summed E-state index contributed by atoms with van der Waals surface area (Å²) in [4.78, 5) is 0. The Morgan fingerprint density at radius 1 is 0.857 bits per heavy atom. The summed E-state index contributed by atoms with van der Waals surface area (Å²) in [6.45, 7) is 0. The predicted molar refractivity (Wildman–Crippen MR) is 27.5 cm³/mol. The van der Waals surface area contributed by atoms with Gasteiger partial charge in [-0.25, -0.2) is 0 Å². The molecule has 0 unspecified atom stereocenters. The van der Waals surface area contributed by atoms with Crippen LogP contribution in [0.15, 0.2) is 24.3 Å². The van der Waals surface area contributed by atoms with Crippen molar-refractivity contribution in [3.05, 3.63) is 24.3 Å². The molecule has 38 valence electrons. The average Bonchev–Trinajstić information content (AvgIpc) is 1.72. The van der Waals surface area contributed by atoms with Crippen LogP contribution in [0.25, 0.3) is 0 Å². The van der Waals surface area contributed by atoms with E-state index in [1.54, 1.807) is 0 Å². The zero-order chi connectivity index (χ0) is 4.24. The molecule has 0 radical (unpaired) electrons. The summed E-state index contributed by atoms with van der Waals surface area (Å²) in [5, 5.41) is 0. The maximum Gasteiger partial charge on any atom is 2.00 e. The van der Waals surface area contributed by atoms with Crippen molar-refractivity contribution < 1.29 is 17.1 Å². The molecule has 0 aromatic rings. The summed E-state index contributed by atoms with van der Waals surface area (Å²) in [6, 6.07) is 0. The third-order valence-electron chi connectivity index (χ3n) is 0.883. The quantitative estimate of drug-likeness (QED) is 0.446. The summed E-state index contributed by atoms with van der Waals surface area (Å²) in [5.41, 5.74) is 0. The minimum absolute atomic E-state index is 0. The van der Waals surface area contributed by atoms with E-state index in [-0.39, 0.29) is 17.1 Å². The maximum absolute atomic E-state index is 2.18. The number of rotatable bonds is 0. The Morgan fingerprint density at radius 3 is 1.43 bits per heavy atom. The first-order chi connectivity index (χ1) is 3.00. The SMILES string of the molecule is C1=CCCC=C1.[Fe+2]. The van der Waals surface area contributed by atoms with E-state index in [9.17, 15) is 0 Å². The Labute approximate surface area is 54.8 Å². The molecular formula is C6H8Fe+2. The molecule has 1 aliphatic rings. The summed E-state index contributed by atoms with van der Waals surface area (Å²) < 4.78 is 0. The fraction of sp³-hybridized carbons (Fsp3) is 0.333. The molecule has 1 heteroatoms. The Kier molecular flexibility index (Phi) is 4.17. The number of allylic oxidation sites excluding steroid dienone is 4. The van der Waals surface area contributed by atoms with Gasteiger partial charge in [-0.3, -0.25) is 0 Å². The van der Waals surface area contributed by atoms with Gasteiger partial charge in [-0.15, -0.1) is 0 Å². The van der Waals surface area contributed by atoms with E-state index in [1.807, 2.05) is 0 Å². The normalized spacial score (nSPS) is 16.0. The van der Waals surface area contributed by atoms with Gasteiger partial charge < -0.3 is 0 Å². The number of hydrogen-bond acceptors (Lipinski definition) is 0. The molecule has 0 spiro atoms. The molecule has 0 aromatic heterocycles. The van der Waals surface area contributed by atoms with Gasteiger partial charge in [0.25, 0.3) is 0 Å². The Hall–Kier alpha value is -0.000519. The molecule has 0 heterocycles. The zero-order valence-electron chi connectivity index (χ0n) is 4.08. The van der Waals surface area contributed by atoms with Crippen LogP contribution in [0.2, 0.25) is 0 Å². The fourth-order valence-electron chi connectivity index (χ4n) is 0.542. The van der Waals surface area contributed by atoms with Gasteiger partial charge >= 0.3 is 17.1 Å². The third kappa shape index (κ3) is 2.67. The Bertz CT molecular complexity index is 70.2. The maximum atomic E-state index is 2.18. The molecule has 0 saturated carbocycles. The van der Waals surface area contributed by atoms with Gasteiger partial charge in [0.05, 0.1) is 0 Å². The van der Waals surface area contributed by atoms with Crippen molar-refractivity contribution in [2.75, 3.05) is 0 Å². The second-order valence-electron chi connectivity index (χ2n) is 1.43. The first kappa shape index (κ1) is 7.00. The number of hydrogen-bond donors (Lipinski definition) is 0. The van der Waals surface area contributed by atoms with Gasteiger partial charge in [0, 0.05) is 0 Å². The van der Waals surface area contributed by atoms with E-state index in [0.717, 1.165) is 0 Å². The first-order valence-electron chi connectivity index (χ1n) is 2.32. The van der Waals surface area contributed by atoms with Crippen LogP contribution in [0.3, 0.4) is 0 Å². The van der Waals surface area contributed by atoms with Crippen molar-refractivity contribution in [3.63, 3.8) is 0 Å². The fourth-order valence-corrected chi connectivity index (χ4v) is 0.542.